The topological polar surface area (TPSA) is 39.7 Å². The maximum atomic E-state index is 5.59. The fourth-order valence-corrected chi connectivity index (χ4v) is 1.55. The van der Waals surface area contributed by atoms with Gasteiger partial charge in [-0.25, -0.2) is 0 Å². The summed E-state index contributed by atoms with van der Waals surface area (Å²) in [7, 11) is 1.67. The molecule has 0 aliphatic carbocycles. The molecule has 4 nitrogen and oxygen atoms in total. The third-order valence-electron chi connectivity index (χ3n) is 2.51. The molecular formula is C14H23NO3. The minimum atomic E-state index is 0.281. The van der Waals surface area contributed by atoms with E-state index in [1.54, 1.807) is 7.11 Å². The Morgan fingerprint density at radius 1 is 1.22 bits per heavy atom. The molecule has 1 N–H and O–H groups in total. The lowest BCUT2D eigenvalue weighted by Crippen LogP contribution is -2.15. The number of ether oxygens (including phenoxy) is 3. The molecule has 0 spiro atoms. The van der Waals surface area contributed by atoms with Crippen molar-refractivity contribution in [2.24, 2.45) is 0 Å². The lowest BCUT2D eigenvalue weighted by atomic mass is 10.2. The van der Waals surface area contributed by atoms with Crippen molar-refractivity contribution in [1.29, 1.82) is 0 Å². The van der Waals surface area contributed by atoms with Gasteiger partial charge in [0, 0.05) is 18.7 Å². The molecule has 0 aromatic heterocycles. The number of hydrogen-bond donors (Lipinski definition) is 1. The summed E-state index contributed by atoms with van der Waals surface area (Å²) in [6.07, 6.45) is 1.11. The summed E-state index contributed by atoms with van der Waals surface area (Å²) in [6, 6.07) is 5.80. The van der Waals surface area contributed by atoms with Gasteiger partial charge in [-0.2, -0.15) is 0 Å². The van der Waals surface area contributed by atoms with Crippen molar-refractivity contribution in [1.82, 2.24) is 5.32 Å². The number of nitrogens with one attached hydrogen (secondary N) is 1. The number of hydrogen-bond acceptors (Lipinski definition) is 4. The van der Waals surface area contributed by atoms with Crippen LogP contribution < -0.4 is 14.8 Å². The van der Waals surface area contributed by atoms with Gasteiger partial charge in [-0.1, -0.05) is 6.92 Å². The smallest absolute Gasteiger partial charge is 0.189 e. The maximum absolute atomic E-state index is 5.59. The fraction of sp³-hybridized carbons (Fsp3) is 0.571. The predicted octanol–water partition coefficient (Wildman–Crippen LogP) is 2.57. The van der Waals surface area contributed by atoms with Gasteiger partial charge in [-0.05, 0) is 38.1 Å². The zero-order chi connectivity index (χ0) is 13.2. The van der Waals surface area contributed by atoms with Gasteiger partial charge in [0.25, 0.3) is 0 Å². The minimum Gasteiger partial charge on any atom is -0.497 e. The quantitative estimate of drug-likeness (QED) is 0.542. The Balaban J connectivity index is 2.66. The Morgan fingerprint density at radius 2 is 2.06 bits per heavy atom. The molecule has 0 saturated heterocycles. The largest absolute Gasteiger partial charge is 0.497 e. The number of methoxy groups -OCH3 is 1. The second-order valence-corrected chi connectivity index (χ2v) is 3.91. The highest BCUT2D eigenvalue weighted by Gasteiger charge is 2.05. The molecule has 1 aromatic carbocycles. The van der Waals surface area contributed by atoms with E-state index in [1.165, 1.54) is 0 Å². The van der Waals surface area contributed by atoms with Gasteiger partial charge in [-0.3, -0.25) is 0 Å². The van der Waals surface area contributed by atoms with E-state index in [-0.39, 0.29) is 6.79 Å². The van der Waals surface area contributed by atoms with Crippen LogP contribution in [-0.2, 0) is 11.3 Å². The molecule has 4 heteroatoms. The van der Waals surface area contributed by atoms with Gasteiger partial charge in [0.2, 0.25) is 0 Å². The monoisotopic (exact) mass is 253 g/mol. The van der Waals surface area contributed by atoms with Crippen molar-refractivity contribution in [2.45, 2.75) is 26.8 Å². The van der Waals surface area contributed by atoms with E-state index in [0.717, 1.165) is 36.6 Å². The zero-order valence-electron chi connectivity index (χ0n) is 11.5. The Labute approximate surface area is 109 Å². The summed E-state index contributed by atoms with van der Waals surface area (Å²) in [5, 5.41) is 3.36. The van der Waals surface area contributed by atoms with Gasteiger partial charge >= 0.3 is 0 Å². The molecule has 0 unspecified atom stereocenters. The van der Waals surface area contributed by atoms with Crippen molar-refractivity contribution in [3.63, 3.8) is 0 Å². The Kier molecular flexibility index (Phi) is 7.22. The van der Waals surface area contributed by atoms with Crippen LogP contribution in [0.4, 0.5) is 0 Å². The molecule has 0 aliphatic heterocycles. The average molecular weight is 253 g/mol. The number of rotatable bonds is 9. The Morgan fingerprint density at radius 3 is 2.72 bits per heavy atom. The highest BCUT2D eigenvalue weighted by molar-refractivity contribution is 5.40. The highest BCUT2D eigenvalue weighted by atomic mass is 16.7. The van der Waals surface area contributed by atoms with Gasteiger partial charge in [0.15, 0.2) is 6.79 Å². The predicted molar refractivity (Wildman–Crippen MR) is 72.1 cm³/mol. The first kappa shape index (κ1) is 14.8. The van der Waals surface area contributed by atoms with E-state index in [1.807, 2.05) is 25.1 Å². The molecule has 0 atom stereocenters. The van der Waals surface area contributed by atoms with E-state index >= 15 is 0 Å². The highest BCUT2D eigenvalue weighted by Crippen LogP contribution is 2.24. The fourth-order valence-electron chi connectivity index (χ4n) is 1.55. The van der Waals surface area contributed by atoms with Gasteiger partial charge < -0.3 is 19.5 Å². The second-order valence-electron chi connectivity index (χ2n) is 3.91. The van der Waals surface area contributed by atoms with E-state index in [2.05, 4.69) is 12.2 Å². The molecule has 0 amide bonds. The summed E-state index contributed by atoms with van der Waals surface area (Å²) in [5.41, 5.74) is 1.09. The van der Waals surface area contributed by atoms with Crippen LogP contribution in [0.2, 0.25) is 0 Å². The van der Waals surface area contributed by atoms with Crippen molar-refractivity contribution < 1.29 is 14.2 Å². The van der Waals surface area contributed by atoms with E-state index in [9.17, 15) is 0 Å². The average Bonchev–Trinajstić information content (AvgIpc) is 2.40. The van der Waals surface area contributed by atoms with Crippen LogP contribution in [0.3, 0.4) is 0 Å². The SMILES string of the molecule is CCCNCc1cc(OC)ccc1OCOCC. The van der Waals surface area contributed by atoms with Crippen molar-refractivity contribution in [3.8, 4) is 11.5 Å². The molecule has 0 radical (unpaired) electrons. The first-order valence-corrected chi connectivity index (χ1v) is 6.40. The lowest BCUT2D eigenvalue weighted by Gasteiger charge is -2.13. The molecule has 18 heavy (non-hydrogen) atoms. The summed E-state index contributed by atoms with van der Waals surface area (Å²) in [4.78, 5) is 0. The third kappa shape index (κ3) is 4.94. The first-order chi connectivity index (χ1) is 8.81. The van der Waals surface area contributed by atoms with Gasteiger partial charge in [0.1, 0.15) is 11.5 Å². The molecule has 0 heterocycles. The van der Waals surface area contributed by atoms with E-state index in [0.29, 0.717) is 6.61 Å². The summed E-state index contributed by atoms with van der Waals surface area (Å²) in [5.74, 6) is 1.68. The van der Waals surface area contributed by atoms with Crippen LogP contribution in [0.15, 0.2) is 18.2 Å². The second kappa shape index (κ2) is 8.78. The summed E-state index contributed by atoms with van der Waals surface area (Å²) < 4.78 is 16.0. The number of benzene rings is 1. The Hall–Kier alpha value is -1.26. The molecule has 0 bridgehead atoms. The first-order valence-electron chi connectivity index (χ1n) is 6.40. The van der Waals surface area contributed by atoms with E-state index in [4.69, 9.17) is 14.2 Å². The molecule has 102 valence electrons. The molecule has 1 aromatic rings. The minimum absolute atomic E-state index is 0.281. The van der Waals surface area contributed by atoms with Crippen molar-refractivity contribution in [3.05, 3.63) is 23.8 Å². The van der Waals surface area contributed by atoms with Crippen LogP contribution in [0.5, 0.6) is 11.5 Å². The molecule has 0 aliphatic rings. The third-order valence-corrected chi connectivity index (χ3v) is 2.51. The van der Waals surface area contributed by atoms with Crippen LogP contribution in [-0.4, -0.2) is 27.1 Å². The van der Waals surface area contributed by atoms with Crippen LogP contribution in [0.25, 0.3) is 0 Å². The molecular weight excluding hydrogens is 230 g/mol. The van der Waals surface area contributed by atoms with E-state index < -0.39 is 0 Å². The molecule has 1 rings (SSSR count). The maximum Gasteiger partial charge on any atom is 0.189 e. The molecule has 0 saturated carbocycles. The van der Waals surface area contributed by atoms with Gasteiger partial charge in [-0.15, -0.1) is 0 Å². The summed E-state index contributed by atoms with van der Waals surface area (Å²) >= 11 is 0. The summed E-state index contributed by atoms with van der Waals surface area (Å²) in [6.45, 7) is 6.78. The van der Waals surface area contributed by atoms with Crippen molar-refractivity contribution >= 4 is 0 Å². The standard InChI is InChI=1S/C14H23NO3/c1-4-8-15-10-12-9-13(16-3)6-7-14(12)18-11-17-5-2/h6-7,9,15H,4-5,8,10-11H2,1-3H3. The Bertz CT molecular complexity index is 342. The van der Waals surface area contributed by atoms with Crippen LogP contribution in [0, 0.1) is 0 Å². The molecule has 0 fully saturated rings. The van der Waals surface area contributed by atoms with Crippen molar-refractivity contribution in [2.75, 3.05) is 27.1 Å². The normalized spacial score (nSPS) is 10.4. The van der Waals surface area contributed by atoms with Crippen LogP contribution >= 0.6 is 0 Å². The lowest BCUT2D eigenvalue weighted by molar-refractivity contribution is 0.0217. The zero-order valence-corrected chi connectivity index (χ0v) is 11.5. The van der Waals surface area contributed by atoms with Gasteiger partial charge in [0.05, 0.1) is 7.11 Å². The van der Waals surface area contributed by atoms with Crippen LogP contribution in [0.1, 0.15) is 25.8 Å².